The van der Waals surface area contributed by atoms with Crippen LogP contribution < -0.4 is 10.1 Å². The highest BCUT2D eigenvalue weighted by atomic mass is 35.5. The predicted octanol–water partition coefficient (Wildman–Crippen LogP) is 6.03. The SMILES string of the molecule is CCc1ccccc1NC(=O)/C(C#N)=C/c1ccc(OCc2cccc(Cl)c2)cc1. The third-order valence-corrected chi connectivity index (χ3v) is 4.73. The highest BCUT2D eigenvalue weighted by Crippen LogP contribution is 2.19. The molecule has 3 aromatic rings. The lowest BCUT2D eigenvalue weighted by Gasteiger charge is -2.09. The van der Waals surface area contributed by atoms with Gasteiger partial charge in [-0.05, 0) is 59.5 Å². The van der Waals surface area contributed by atoms with Gasteiger partial charge in [0.15, 0.2) is 0 Å². The molecule has 0 spiro atoms. The second-order valence-corrected chi connectivity index (χ2v) is 7.06. The van der Waals surface area contributed by atoms with E-state index in [9.17, 15) is 10.1 Å². The van der Waals surface area contributed by atoms with Crippen LogP contribution in [0.4, 0.5) is 5.69 Å². The Bertz CT molecular complexity index is 1100. The number of nitriles is 1. The van der Waals surface area contributed by atoms with Crippen molar-refractivity contribution in [3.05, 3.63) is 100 Å². The van der Waals surface area contributed by atoms with E-state index >= 15 is 0 Å². The van der Waals surface area contributed by atoms with Gasteiger partial charge in [0.05, 0.1) is 0 Å². The summed E-state index contributed by atoms with van der Waals surface area (Å²) in [5, 5.41) is 12.9. The molecule has 1 N–H and O–H groups in total. The topological polar surface area (TPSA) is 62.1 Å². The van der Waals surface area contributed by atoms with Crippen molar-refractivity contribution < 1.29 is 9.53 Å². The van der Waals surface area contributed by atoms with Crippen LogP contribution in [-0.4, -0.2) is 5.91 Å². The van der Waals surface area contributed by atoms with Gasteiger partial charge in [-0.1, -0.05) is 61.0 Å². The number of benzene rings is 3. The first-order valence-electron chi connectivity index (χ1n) is 9.57. The van der Waals surface area contributed by atoms with Gasteiger partial charge in [-0.3, -0.25) is 4.79 Å². The quantitative estimate of drug-likeness (QED) is 0.378. The molecule has 150 valence electrons. The number of hydrogen-bond acceptors (Lipinski definition) is 3. The molecule has 0 aliphatic rings. The summed E-state index contributed by atoms with van der Waals surface area (Å²) >= 11 is 5.98. The first-order valence-corrected chi connectivity index (χ1v) is 9.95. The van der Waals surface area contributed by atoms with Crippen molar-refractivity contribution in [3.63, 3.8) is 0 Å². The van der Waals surface area contributed by atoms with Gasteiger partial charge >= 0.3 is 0 Å². The van der Waals surface area contributed by atoms with Crippen LogP contribution in [0.5, 0.6) is 5.75 Å². The average molecular weight is 417 g/mol. The molecule has 1 amide bonds. The van der Waals surface area contributed by atoms with Gasteiger partial charge in [0.25, 0.3) is 5.91 Å². The summed E-state index contributed by atoms with van der Waals surface area (Å²) in [6.07, 6.45) is 2.35. The van der Waals surface area contributed by atoms with Crippen LogP contribution in [0.25, 0.3) is 6.08 Å². The smallest absolute Gasteiger partial charge is 0.266 e. The standard InChI is InChI=1S/C25H21ClN2O2/c1-2-20-7-3-4-9-24(20)28-25(29)21(16-27)14-18-10-12-23(13-11-18)30-17-19-6-5-8-22(26)15-19/h3-15H,2,17H2,1H3,(H,28,29)/b21-14+. The number of para-hydroxylation sites is 1. The van der Waals surface area contributed by atoms with Gasteiger partial charge in [-0.25, -0.2) is 0 Å². The number of aryl methyl sites for hydroxylation is 1. The minimum atomic E-state index is -0.431. The molecular weight excluding hydrogens is 396 g/mol. The maximum Gasteiger partial charge on any atom is 0.266 e. The van der Waals surface area contributed by atoms with Crippen LogP contribution in [0.15, 0.2) is 78.4 Å². The Balaban J connectivity index is 1.66. The van der Waals surface area contributed by atoms with E-state index in [2.05, 4.69) is 5.32 Å². The summed E-state index contributed by atoms with van der Waals surface area (Å²) in [5.74, 6) is 0.256. The van der Waals surface area contributed by atoms with Crippen LogP contribution >= 0.6 is 11.6 Å². The van der Waals surface area contributed by atoms with Gasteiger partial charge in [-0.15, -0.1) is 0 Å². The Kier molecular flexibility index (Phi) is 7.26. The number of rotatable bonds is 7. The summed E-state index contributed by atoms with van der Waals surface area (Å²) in [4.78, 5) is 12.5. The molecule has 3 rings (SSSR count). The molecule has 0 saturated carbocycles. The maximum atomic E-state index is 12.5. The van der Waals surface area contributed by atoms with Gasteiger partial charge in [0.1, 0.15) is 24.0 Å². The third kappa shape index (κ3) is 5.73. The molecule has 0 heterocycles. The summed E-state index contributed by atoms with van der Waals surface area (Å²) < 4.78 is 5.76. The predicted molar refractivity (Wildman–Crippen MR) is 120 cm³/mol. The third-order valence-electron chi connectivity index (χ3n) is 4.50. The number of nitrogens with one attached hydrogen (secondary N) is 1. The number of halogens is 1. The summed E-state index contributed by atoms with van der Waals surface area (Å²) in [5.41, 5.74) is 3.48. The van der Waals surface area contributed by atoms with Gasteiger partial charge < -0.3 is 10.1 Å². The molecule has 0 aromatic heterocycles. The molecule has 30 heavy (non-hydrogen) atoms. The first-order chi connectivity index (χ1) is 14.6. The Morgan fingerprint density at radius 2 is 1.87 bits per heavy atom. The molecule has 0 fully saturated rings. The zero-order valence-electron chi connectivity index (χ0n) is 16.6. The normalized spacial score (nSPS) is 10.9. The van der Waals surface area contributed by atoms with E-state index in [-0.39, 0.29) is 5.57 Å². The van der Waals surface area contributed by atoms with Crippen LogP contribution in [0.1, 0.15) is 23.6 Å². The van der Waals surface area contributed by atoms with E-state index in [0.29, 0.717) is 17.4 Å². The zero-order valence-corrected chi connectivity index (χ0v) is 17.3. The molecular formula is C25H21ClN2O2. The van der Waals surface area contributed by atoms with Crippen LogP contribution in [0.2, 0.25) is 5.02 Å². The van der Waals surface area contributed by atoms with E-state index in [4.69, 9.17) is 16.3 Å². The molecule has 4 nitrogen and oxygen atoms in total. The lowest BCUT2D eigenvalue weighted by molar-refractivity contribution is -0.112. The first kappa shape index (κ1) is 21.2. The fourth-order valence-electron chi connectivity index (χ4n) is 2.91. The van der Waals surface area contributed by atoms with E-state index in [1.807, 2.05) is 61.5 Å². The molecule has 0 radical (unpaired) electrons. The number of nitrogens with zero attached hydrogens (tertiary/aromatic N) is 1. The molecule has 0 bridgehead atoms. The van der Waals surface area contributed by atoms with Crippen LogP contribution in [-0.2, 0) is 17.8 Å². The number of carbonyl (C=O) groups is 1. The van der Waals surface area contributed by atoms with Crippen molar-refractivity contribution in [1.82, 2.24) is 0 Å². The average Bonchev–Trinajstić information content (AvgIpc) is 2.77. The summed E-state index contributed by atoms with van der Waals surface area (Å²) in [6, 6.07) is 24.2. The Morgan fingerprint density at radius 3 is 2.57 bits per heavy atom. The van der Waals surface area contributed by atoms with Gasteiger partial charge in [0, 0.05) is 10.7 Å². The van der Waals surface area contributed by atoms with Crippen molar-refractivity contribution in [3.8, 4) is 11.8 Å². The van der Waals surface area contributed by atoms with Gasteiger partial charge in [0.2, 0.25) is 0 Å². The van der Waals surface area contributed by atoms with Crippen molar-refractivity contribution in [2.24, 2.45) is 0 Å². The molecule has 3 aromatic carbocycles. The summed E-state index contributed by atoms with van der Waals surface area (Å²) in [6.45, 7) is 2.42. The van der Waals surface area contributed by atoms with E-state index < -0.39 is 5.91 Å². The fourth-order valence-corrected chi connectivity index (χ4v) is 3.12. The van der Waals surface area contributed by atoms with Crippen molar-refractivity contribution in [2.45, 2.75) is 20.0 Å². The van der Waals surface area contributed by atoms with Crippen LogP contribution in [0.3, 0.4) is 0 Å². The lowest BCUT2D eigenvalue weighted by atomic mass is 10.1. The molecule has 0 unspecified atom stereocenters. The second kappa shape index (κ2) is 10.3. The van der Waals surface area contributed by atoms with Crippen molar-refractivity contribution in [2.75, 3.05) is 5.32 Å². The number of anilines is 1. The highest BCUT2D eigenvalue weighted by Gasteiger charge is 2.11. The maximum absolute atomic E-state index is 12.5. The van der Waals surface area contributed by atoms with E-state index in [0.717, 1.165) is 28.8 Å². The zero-order chi connectivity index (χ0) is 21.3. The number of hydrogen-bond donors (Lipinski definition) is 1. The minimum absolute atomic E-state index is 0.0356. The van der Waals surface area contributed by atoms with Crippen LogP contribution in [0, 0.1) is 11.3 Å². The highest BCUT2D eigenvalue weighted by molar-refractivity contribution is 6.30. The fraction of sp³-hybridized carbons (Fsp3) is 0.120. The Morgan fingerprint density at radius 1 is 1.10 bits per heavy atom. The molecule has 5 heteroatoms. The summed E-state index contributed by atoms with van der Waals surface area (Å²) in [7, 11) is 0. The molecule has 0 saturated heterocycles. The molecule has 0 aliphatic carbocycles. The Hall–Kier alpha value is -3.55. The number of ether oxygens (including phenoxy) is 1. The second-order valence-electron chi connectivity index (χ2n) is 6.62. The van der Waals surface area contributed by atoms with Gasteiger partial charge in [-0.2, -0.15) is 5.26 Å². The monoisotopic (exact) mass is 416 g/mol. The minimum Gasteiger partial charge on any atom is -0.489 e. The lowest BCUT2D eigenvalue weighted by Crippen LogP contribution is -2.14. The number of carbonyl (C=O) groups excluding carboxylic acids is 1. The van der Waals surface area contributed by atoms with E-state index in [1.165, 1.54) is 0 Å². The number of amides is 1. The Labute approximate surface area is 181 Å². The largest absolute Gasteiger partial charge is 0.489 e. The van der Waals surface area contributed by atoms with E-state index in [1.54, 1.807) is 30.3 Å². The van der Waals surface area contributed by atoms with Crippen molar-refractivity contribution >= 4 is 29.3 Å². The molecule has 0 atom stereocenters. The molecule has 0 aliphatic heterocycles. The van der Waals surface area contributed by atoms with Crippen molar-refractivity contribution in [1.29, 1.82) is 5.26 Å².